The zero-order chi connectivity index (χ0) is 15.4. The van der Waals surface area contributed by atoms with Gasteiger partial charge >= 0.3 is 0 Å². The van der Waals surface area contributed by atoms with Crippen LogP contribution >= 0.6 is 23.7 Å². The molecule has 1 amide bonds. The third-order valence-electron chi connectivity index (χ3n) is 4.20. The first-order chi connectivity index (χ1) is 10.7. The molecule has 1 fully saturated rings. The van der Waals surface area contributed by atoms with Crippen molar-refractivity contribution in [2.45, 2.75) is 25.4 Å². The van der Waals surface area contributed by atoms with Gasteiger partial charge in [0.05, 0.1) is 0 Å². The van der Waals surface area contributed by atoms with E-state index < -0.39 is 6.10 Å². The quantitative estimate of drug-likeness (QED) is 0.773. The van der Waals surface area contributed by atoms with Crippen molar-refractivity contribution in [1.82, 2.24) is 10.6 Å². The van der Waals surface area contributed by atoms with Crippen molar-refractivity contribution >= 4 is 39.7 Å². The average Bonchev–Trinajstić information content (AvgIpc) is 2.98. The second-order valence-corrected chi connectivity index (χ2v) is 7.02. The van der Waals surface area contributed by atoms with Gasteiger partial charge in [0, 0.05) is 22.5 Å². The predicted octanol–water partition coefficient (Wildman–Crippen LogP) is 2.86. The van der Waals surface area contributed by atoms with E-state index >= 15 is 0 Å². The first kappa shape index (κ1) is 18.2. The second kappa shape index (κ2) is 8.64. The summed E-state index contributed by atoms with van der Waals surface area (Å²) in [5, 5.41) is 17.6. The Morgan fingerprint density at radius 2 is 2.09 bits per heavy atom. The van der Waals surface area contributed by atoms with Crippen molar-refractivity contribution in [2.75, 3.05) is 19.6 Å². The SMILES string of the molecule is Cl.O=C(CC1CCNCC1)NCC(O)c1cc2ccccc2s1. The fraction of sp³-hybridized carbons (Fsp3) is 0.471. The van der Waals surface area contributed by atoms with Gasteiger partial charge in [-0.15, -0.1) is 23.7 Å². The Hall–Kier alpha value is -1.14. The molecule has 2 aromatic rings. The van der Waals surface area contributed by atoms with Gasteiger partial charge in [0.1, 0.15) is 6.10 Å². The molecular formula is C17H23ClN2O2S. The van der Waals surface area contributed by atoms with Crippen LogP contribution in [-0.4, -0.2) is 30.6 Å². The number of nitrogens with one attached hydrogen (secondary N) is 2. The smallest absolute Gasteiger partial charge is 0.220 e. The zero-order valence-electron chi connectivity index (χ0n) is 13.0. The van der Waals surface area contributed by atoms with Gasteiger partial charge in [-0.05, 0) is 49.4 Å². The molecule has 3 N–H and O–H groups in total. The minimum atomic E-state index is -0.630. The predicted molar refractivity (Wildman–Crippen MR) is 97.3 cm³/mol. The highest BCUT2D eigenvalue weighted by Gasteiger charge is 2.18. The fourth-order valence-corrected chi connectivity index (χ4v) is 3.95. The van der Waals surface area contributed by atoms with Gasteiger partial charge in [-0.3, -0.25) is 4.79 Å². The molecular weight excluding hydrogens is 332 g/mol. The number of amides is 1. The van der Waals surface area contributed by atoms with E-state index in [4.69, 9.17) is 0 Å². The summed E-state index contributed by atoms with van der Waals surface area (Å²) in [5.41, 5.74) is 0. The molecule has 3 rings (SSSR count). The Kier molecular flexibility index (Phi) is 6.84. The lowest BCUT2D eigenvalue weighted by Crippen LogP contribution is -2.33. The Morgan fingerprint density at radius 1 is 1.35 bits per heavy atom. The molecule has 23 heavy (non-hydrogen) atoms. The highest BCUT2D eigenvalue weighted by atomic mass is 35.5. The molecule has 1 aliphatic rings. The summed E-state index contributed by atoms with van der Waals surface area (Å²) in [6, 6.07) is 10.1. The summed E-state index contributed by atoms with van der Waals surface area (Å²) in [5.74, 6) is 0.523. The van der Waals surface area contributed by atoms with Gasteiger partial charge < -0.3 is 15.7 Å². The maximum Gasteiger partial charge on any atom is 0.220 e. The van der Waals surface area contributed by atoms with Gasteiger partial charge in [-0.1, -0.05) is 18.2 Å². The van der Waals surface area contributed by atoms with Crippen molar-refractivity contribution in [1.29, 1.82) is 0 Å². The van der Waals surface area contributed by atoms with Crippen LogP contribution in [0.25, 0.3) is 10.1 Å². The minimum Gasteiger partial charge on any atom is -0.386 e. The molecule has 4 nitrogen and oxygen atoms in total. The Morgan fingerprint density at radius 3 is 2.83 bits per heavy atom. The number of benzene rings is 1. The summed E-state index contributed by atoms with van der Waals surface area (Å²) < 4.78 is 1.16. The van der Waals surface area contributed by atoms with Crippen molar-refractivity contribution in [3.05, 3.63) is 35.2 Å². The molecule has 1 unspecified atom stereocenters. The van der Waals surface area contributed by atoms with Gasteiger partial charge in [0.15, 0.2) is 0 Å². The maximum absolute atomic E-state index is 12.0. The van der Waals surface area contributed by atoms with Crippen LogP contribution in [0.2, 0.25) is 0 Å². The first-order valence-electron chi connectivity index (χ1n) is 7.86. The van der Waals surface area contributed by atoms with Gasteiger partial charge in [0.2, 0.25) is 5.91 Å². The number of fused-ring (bicyclic) bond motifs is 1. The highest BCUT2D eigenvalue weighted by Crippen LogP contribution is 2.29. The van der Waals surface area contributed by atoms with E-state index in [1.807, 2.05) is 30.3 Å². The lowest BCUT2D eigenvalue weighted by Gasteiger charge is -2.22. The van der Waals surface area contributed by atoms with Crippen LogP contribution in [0.15, 0.2) is 30.3 Å². The molecule has 1 aromatic heterocycles. The number of rotatable bonds is 5. The number of aliphatic hydroxyl groups excluding tert-OH is 1. The largest absolute Gasteiger partial charge is 0.386 e. The van der Waals surface area contributed by atoms with E-state index in [9.17, 15) is 9.90 Å². The van der Waals surface area contributed by atoms with E-state index in [-0.39, 0.29) is 24.9 Å². The molecule has 126 valence electrons. The second-order valence-electron chi connectivity index (χ2n) is 5.90. The van der Waals surface area contributed by atoms with Crippen LogP contribution in [0.3, 0.4) is 0 Å². The Labute approximate surface area is 146 Å². The summed E-state index contributed by atoms with van der Waals surface area (Å²) in [6.07, 6.45) is 2.06. The molecule has 0 radical (unpaired) electrons. The van der Waals surface area contributed by atoms with Gasteiger partial charge in [-0.25, -0.2) is 0 Å². The van der Waals surface area contributed by atoms with Gasteiger partial charge in [0.25, 0.3) is 0 Å². The summed E-state index contributed by atoms with van der Waals surface area (Å²) in [4.78, 5) is 12.9. The van der Waals surface area contributed by atoms with Crippen LogP contribution in [0.4, 0.5) is 0 Å². The topological polar surface area (TPSA) is 61.4 Å². The standard InChI is InChI=1S/C17H22N2O2S.ClH/c20-14(16-10-13-3-1-2-4-15(13)22-16)11-19-17(21)9-12-5-7-18-8-6-12;/h1-4,10,12,14,18,20H,5-9,11H2,(H,19,21);1H. The fourth-order valence-electron chi connectivity index (χ4n) is 2.90. The highest BCUT2D eigenvalue weighted by molar-refractivity contribution is 7.19. The summed E-state index contributed by atoms with van der Waals surface area (Å²) in [6.45, 7) is 2.29. The maximum atomic E-state index is 12.0. The normalized spacial score (nSPS) is 16.7. The van der Waals surface area contributed by atoms with Crippen molar-refractivity contribution < 1.29 is 9.90 Å². The monoisotopic (exact) mass is 354 g/mol. The van der Waals surface area contributed by atoms with Crippen LogP contribution in [-0.2, 0) is 4.79 Å². The third kappa shape index (κ3) is 4.91. The number of hydrogen-bond donors (Lipinski definition) is 3. The number of carbonyl (C=O) groups excluding carboxylic acids is 1. The molecule has 1 aliphatic heterocycles. The molecule has 2 heterocycles. The van der Waals surface area contributed by atoms with Crippen LogP contribution in [0.5, 0.6) is 0 Å². The Balaban J connectivity index is 0.00000192. The van der Waals surface area contributed by atoms with Crippen LogP contribution < -0.4 is 10.6 Å². The Bertz CT molecular complexity index is 607. The molecule has 0 saturated carbocycles. The number of aliphatic hydroxyl groups is 1. The van der Waals surface area contributed by atoms with Crippen LogP contribution in [0.1, 0.15) is 30.2 Å². The van der Waals surface area contributed by atoms with Crippen LogP contribution in [0, 0.1) is 5.92 Å². The molecule has 0 bridgehead atoms. The number of thiophene rings is 1. The number of hydrogen-bond acceptors (Lipinski definition) is 4. The molecule has 0 aliphatic carbocycles. The summed E-state index contributed by atoms with van der Waals surface area (Å²) in [7, 11) is 0. The number of halogens is 1. The first-order valence-corrected chi connectivity index (χ1v) is 8.68. The van der Waals surface area contributed by atoms with Crippen molar-refractivity contribution in [3.8, 4) is 0 Å². The minimum absolute atomic E-state index is 0. The van der Waals surface area contributed by atoms with E-state index in [0.29, 0.717) is 12.3 Å². The number of piperidine rings is 1. The van der Waals surface area contributed by atoms with E-state index in [1.165, 1.54) is 0 Å². The van der Waals surface area contributed by atoms with Crippen molar-refractivity contribution in [2.24, 2.45) is 5.92 Å². The van der Waals surface area contributed by atoms with E-state index in [0.717, 1.165) is 40.9 Å². The molecule has 0 spiro atoms. The molecule has 1 aromatic carbocycles. The van der Waals surface area contributed by atoms with E-state index in [1.54, 1.807) is 11.3 Å². The zero-order valence-corrected chi connectivity index (χ0v) is 14.6. The average molecular weight is 355 g/mol. The van der Waals surface area contributed by atoms with Gasteiger partial charge in [-0.2, -0.15) is 0 Å². The molecule has 6 heteroatoms. The lowest BCUT2D eigenvalue weighted by atomic mass is 9.94. The molecule has 1 atom stereocenters. The summed E-state index contributed by atoms with van der Waals surface area (Å²) >= 11 is 1.58. The van der Waals surface area contributed by atoms with E-state index in [2.05, 4.69) is 10.6 Å². The number of carbonyl (C=O) groups is 1. The van der Waals surface area contributed by atoms with Crippen molar-refractivity contribution in [3.63, 3.8) is 0 Å². The third-order valence-corrected chi connectivity index (χ3v) is 5.42. The lowest BCUT2D eigenvalue weighted by molar-refractivity contribution is -0.122. The molecule has 1 saturated heterocycles.